The summed E-state index contributed by atoms with van der Waals surface area (Å²) in [5.41, 5.74) is 6.54. The molecule has 0 atom stereocenters. The van der Waals surface area contributed by atoms with Crippen molar-refractivity contribution < 1.29 is 5.11 Å². The van der Waals surface area contributed by atoms with Crippen molar-refractivity contribution in [1.29, 1.82) is 0 Å². The Balaban J connectivity index is 1.70. The summed E-state index contributed by atoms with van der Waals surface area (Å²) in [6, 6.07) is 17.3. The second kappa shape index (κ2) is 6.93. The van der Waals surface area contributed by atoms with Crippen LogP contribution in [-0.4, -0.2) is 15.1 Å². The van der Waals surface area contributed by atoms with Crippen LogP contribution in [0.2, 0.25) is 0 Å². The van der Waals surface area contributed by atoms with E-state index in [1.54, 1.807) is 35.7 Å². The van der Waals surface area contributed by atoms with Crippen LogP contribution in [0.3, 0.4) is 0 Å². The minimum Gasteiger partial charge on any atom is -0.508 e. The molecule has 3 aromatic rings. The average molecular weight is 341 g/mol. The van der Waals surface area contributed by atoms with Gasteiger partial charge in [-0.05, 0) is 61.5 Å². The van der Waals surface area contributed by atoms with Gasteiger partial charge in [-0.3, -0.25) is 0 Å². The summed E-state index contributed by atoms with van der Waals surface area (Å²) in [5.74, 6) is 0.576. The molecular weight excluding hydrogens is 326 g/mol. The molecule has 1 heterocycles. The molecule has 3 rings (SSSR count). The van der Waals surface area contributed by atoms with E-state index in [0.717, 1.165) is 25.4 Å². The third-order valence-electron chi connectivity index (χ3n) is 2.97. The minimum atomic E-state index is 0.278. The number of rotatable bonds is 4. The van der Waals surface area contributed by atoms with Gasteiger partial charge in [-0.15, -0.1) is 0 Å². The van der Waals surface area contributed by atoms with Crippen LogP contribution in [0.1, 0.15) is 5.69 Å². The van der Waals surface area contributed by atoms with Crippen LogP contribution in [0.15, 0.2) is 74.3 Å². The number of phenolic OH excluding ortho intramolecular Hbond substituents is 1. The molecular formula is C17H15N3OS2. The lowest BCUT2D eigenvalue weighted by Gasteiger charge is -2.05. The van der Waals surface area contributed by atoms with Crippen LogP contribution in [0.4, 0.5) is 5.95 Å². The maximum Gasteiger partial charge on any atom is 0.221 e. The molecule has 4 nitrogen and oxygen atoms in total. The van der Waals surface area contributed by atoms with Gasteiger partial charge in [-0.2, -0.15) is 0 Å². The maximum absolute atomic E-state index is 9.31. The number of nitrogen functional groups attached to an aromatic ring is 1. The molecule has 0 unspecified atom stereocenters. The monoisotopic (exact) mass is 341 g/mol. The molecule has 3 N–H and O–H groups in total. The van der Waals surface area contributed by atoms with Gasteiger partial charge in [0.25, 0.3) is 0 Å². The predicted molar refractivity (Wildman–Crippen MR) is 94.0 cm³/mol. The zero-order valence-electron chi connectivity index (χ0n) is 12.4. The van der Waals surface area contributed by atoms with Gasteiger partial charge < -0.3 is 10.8 Å². The molecule has 0 saturated carbocycles. The predicted octanol–water partition coefficient (Wildman–Crippen LogP) is 4.38. The molecule has 0 aliphatic rings. The molecule has 0 aliphatic carbocycles. The number of hydrogen-bond donors (Lipinski definition) is 2. The molecule has 0 saturated heterocycles. The van der Waals surface area contributed by atoms with Crippen LogP contribution in [0, 0.1) is 6.92 Å². The Hall–Kier alpha value is -2.18. The number of aryl methyl sites for hydroxylation is 1. The Labute approximate surface area is 143 Å². The highest BCUT2D eigenvalue weighted by atomic mass is 32.2. The zero-order valence-corrected chi connectivity index (χ0v) is 14.1. The first-order valence-electron chi connectivity index (χ1n) is 6.94. The number of aromatic nitrogens is 2. The maximum atomic E-state index is 9.31. The van der Waals surface area contributed by atoms with Crippen LogP contribution >= 0.6 is 23.5 Å². The summed E-state index contributed by atoms with van der Waals surface area (Å²) < 4.78 is 0. The van der Waals surface area contributed by atoms with Gasteiger partial charge in [0.1, 0.15) is 10.8 Å². The molecule has 0 bridgehead atoms. The van der Waals surface area contributed by atoms with Crippen molar-refractivity contribution in [2.24, 2.45) is 0 Å². The Bertz CT molecular complexity index is 785. The van der Waals surface area contributed by atoms with E-state index in [2.05, 4.69) is 34.2 Å². The quantitative estimate of drug-likeness (QED) is 0.686. The fourth-order valence-corrected chi connectivity index (χ4v) is 3.66. The number of aromatic hydroxyl groups is 1. The Kier molecular flexibility index (Phi) is 4.73. The number of anilines is 1. The summed E-state index contributed by atoms with van der Waals surface area (Å²) >= 11 is 3.21. The Morgan fingerprint density at radius 3 is 1.91 bits per heavy atom. The van der Waals surface area contributed by atoms with Crippen LogP contribution in [0.25, 0.3) is 0 Å². The Morgan fingerprint density at radius 1 is 0.826 bits per heavy atom. The first-order valence-corrected chi connectivity index (χ1v) is 8.58. The topological polar surface area (TPSA) is 72.0 Å². The molecule has 23 heavy (non-hydrogen) atoms. The van der Waals surface area contributed by atoms with E-state index in [4.69, 9.17) is 5.73 Å². The normalized spacial score (nSPS) is 10.7. The standard InChI is InChI=1S/C17H15N3OS2/c1-11-10-16(20-17(18)19-11)23-15-8-6-14(7-9-15)22-13-4-2-12(21)3-5-13/h2-10,21H,1H3,(H2,18,19,20). The lowest BCUT2D eigenvalue weighted by molar-refractivity contribution is 0.475. The SMILES string of the molecule is Cc1cc(Sc2ccc(Sc3ccc(O)cc3)cc2)nc(N)n1. The second-order valence-corrected chi connectivity index (χ2v) is 7.12. The van der Waals surface area contributed by atoms with Gasteiger partial charge in [0, 0.05) is 20.4 Å². The Morgan fingerprint density at radius 2 is 1.35 bits per heavy atom. The van der Waals surface area contributed by atoms with Gasteiger partial charge in [0.2, 0.25) is 5.95 Å². The molecule has 6 heteroatoms. The third kappa shape index (κ3) is 4.40. The average Bonchev–Trinajstić information content (AvgIpc) is 2.50. The molecule has 0 aliphatic heterocycles. The first-order chi connectivity index (χ1) is 11.1. The number of nitrogens with two attached hydrogens (primary N) is 1. The molecule has 1 aromatic heterocycles. The molecule has 0 fully saturated rings. The molecule has 0 amide bonds. The van der Waals surface area contributed by atoms with Crippen molar-refractivity contribution in [2.45, 2.75) is 26.6 Å². The summed E-state index contributed by atoms with van der Waals surface area (Å²) in [5, 5.41) is 10.1. The lowest BCUT2D eigenvalue weighted by Crippen LogP contribution is -1.97. The zero-order chi connectivity index (χ0) is 16.2. The van der Waals surface area contributed by atoms with Crippen molar-refractivity contribution in [3.63, 3.8) is 0 Å². The number of nitrogens with zero attached hydrogens (tertiary/aromatic N) is 2. The van der Waals surface area contributed by atoms with Crippen LogP contribution in [0.5, 0.6) is 5.75 Å². The second-order valence-electron chi connectivity index (χ2n) is 4.88. The van der Waals surface area contributed by atoms with E-state index in [0.29, 0.717) is 5.95 Å². The lowest BCUT2D eigenvalue weighted by atomic mass is 10.3. The summed E-state index contributed by atoms with van der Waals surface area (Å²) in [4.78, 5) is 11.6. The van der Waals surface area contributed by atoms with Gasteiger partial charge in [0.15, 0.2) is 0 Å². The molecule has 2 aromatic carbocycles. The number of hydrogen-bond acceptors (Lipinski definition) is 6. The third-order valence-corrected chi connectivity index (χ3v) is 4.91. The van der Waals surface area contributed by atoms with Crippen molar-refractivity contribution in [3.05, 3.63) is 60.3 Å². The van der Waals surface area contributed by atoms with Crippen molar-refractivity contribution in [1.82, 2.24) is 9.97 Å². The largest absolute Gasteiger partial charge is 0.508 e. The molecule has 0 radical (unpaired) electrons. The van der Waals surface area contributed by atoms with E-state index in [9.17, 15) is 5.11 Å². The minimum absolute atomic E-state index is 0.278. The summed E-state index contributed by atoms with van der Waals surface area (Å²) in [7, 11) is 0. The van der Waals surface area contributed by atoms with Gasteiger partial charge in [-0.1, -0.05) is 23.5 Å². The van der Waals surface area contributed by atoms with E-state index in [1.807, 2.05) is 25.1 Å². The van der Waals surface area contributed by atoms with Gasteiger partial charge in [0.05, 0.1) is 0 Å². The molecule has 116 valence electrons. The summed E-state index contributed by atoms with van der Waals surface area (Å²) in [6.45, 7) is 1.90. The highest BCUT2D eigenvalue weighted by Gasteiger charge is 2.03. The first kappa shape index (κ1) is 15.7. The van der Waals surface area contributed by atoms with E-state index in [-0.39, 0.29) is 5.75 Å². The summed E-state index contributed by atoms with van der Waals surface area (Å²) in [6.07, 6.45) is 0. The van der Waals surface area contributed by atoms with Crippen molar-refractivity contribution in [2.75, 3.05) is 5.73 Å². The van der Waals surface area contributed by atoms with Crippen LogP contribution < -0.4 is 5.73 Å². The van der Waals surface area contributed by atoms with Gasteiger partial charge in [-0.25, -0.2) is 9.97 Å². The van der Waals surface area contributed by atoms with E-state index in [1.165, 1.54) is 0 Å². The fraction of sp³-hybridized carbons (Fsp3) is 0.0588. The fourth-order valence-electron chi connectivity index (χ4n) is 1.96. The number of benzene rings is 2. The number of phenols is 1. The highest BCUT2D eigenvalue weighted by molar-refractivity contribution is 7.99. The van der Waals surface area contributed by atoms with E-state index < -0.39 is 0 Å². The van der Waals surface area contributed by atoms with Gasteiger partial charge >= 0.3 is 0 Å². The van der Waals surface area contributed by atoms with Crippen LogP contribution in [-0.2, 0) is 0 Å². The smallest absolute Gasteiger partial charge is 0.221 e. The van der Waals surface area contributed by atoms with Crippen molar-refractivity contribution >= 4 is 29.5 Å². The molecule has 0 spiro atoms. The van der Waals surface area contributed by atoms with Crippen molar-refractivity contribution in [3.8, 4) is 5.75 Å². The van der Waals surface area contributed by atoms with E-state index >= 15 is 0 Å². The highest BCUT2D eigenvalue weighted by Crippen LogP contribution is 2.32.